The van der Waals surface area contributed by atoms with Crippen molar-refractivity contribution in [2.24, 2.45) is 7.05 Å². The van der Waals surface area contributed by atoms with Gasteiger partial charge in [0.2, 0.25) is 0 Å². The highest BCUT2D eigenvalue weighted by Gasteiger charge is 2.30. The maximum absolute atomic E-state index is 12.9. The van der Waals surface area contributed by atoms with Crippen LogP contribution in [0.4, 0.5) is 5.69 Å². The number of piperazine rings is 1. The second-order valence-corrected chi connectivity index (χ2v) is 7.26. The molecular weight excluding hydrogens is 356 g/mol. The Morgan fingerprint density at radius 2 is 2.19 bits per heavy atom. The Bertz CT molecular complexity index is 839. The molecule has 1 N–H and O–H groups in total. The molecule has 2 aromatic rings. The van der Waals surface area contributed by atoms with E-state index in [0.29, 0.717) is 28.7 Å². The van der Waals surface area contributed by atoms with Crippen molar-refractivity contribution in [2.75, 3.05) is 13.1 Å². The van der Waals surface area contributed by atoms with Gasteiger partial charge in [-0.15, -0.1) is 10.2 Å². The van der Waals surface area contributed by atoms with Crippen molar-refractivity contribution in [3.8, 4) is 0 Å². The highest BCUT2D eigenvalue weighted by Crippen LogP contribution is 2.34. The third-order valence-corrected chi connectivity index (χ3v) is 5.69. The van der Waals surface area contributed by atoms with Gasteiger partial charge >= 0.3 is 0 Å². The van der Waals surface area contributed by atoms with Gasteiger partial charge in [-0.25, -0.2) is 0 Å². The van der Waals surface area contributed by atoms with Gasteiger partial charge in [0, 0.05) is 43.9 Å². The van der Waals surface area contributed by atoms with Crippen LogP contribution in [-0.2, 0) is 7.05 Å². The molecule has 26 heavy (non-hydrogen) atoms. The number of carbonyl (C=O) groups is 1. The van der Waals surface area contributed by atoms with Crippen molar-refractivity contribution >= 4 is 23.4 Å². The summed E-state index contributed by atoms with van der Waals surface area (Å²) in [5.41, 5.74) is 0.208. The van der Waals surface area contributed by atoms with E-state index in [1.54, 1.807) is 28.6 Å². The molecule has 2 heterocycles. The summed E-state index contributed by atoms with van der Waals surface area (Å²) in [5.74, 6) is -0.191. The zero-order valence-electron chi connectivity index (χ0n) is 14.7. The standard InChI is InChI=1S/C16H20N6O3S/c1-10-11(2)21(7-6-17-10)15(23)12-4-5-14(13(8-12)22(24)25)26-16-19-18-9-20(16)3/h4-5,8-11,17H,6-7H2,1-3H3. The van der Waals surface area contributed by atoms with Crippen LogP contribution in [0.5, 0.6) is 0 Å². The second-order valence-electron chi connectivity index (χ2n) is 6.25. The number of nitro benzene ring substituents is 1. The molecule has 2 atom stereocenters. The van der Waals surface area contributed by atoms with Crippen molar-refractivity contribution in [3.05, 3.63) is 40.2 Å². The number of benzene rings is 1. The Labute approximate surface area is 154 Å². The molecule has 1 aromatic carbocycles. The SMILES string of the molecule is CC1NCCN(C(=O)c2ccc(Sc3nncn3C)c([N+](=O)[O-])c2)C1C. The van der Waals surface area contributed by atoms with E-state index in [1.165, 1.54) is 12.4 Å². The maximum atomic E-state index is 12.9. The van der Waals surface area contributed by atoms with Crippen molar-refractivity contribution in [1.29, 1.82) is 0 Å². The van der Waals surface area contributed by atoms with Crippen LogP contribution >= 0.6 is 11.8 Å². The van der Waals surface area contributed by atoms with Crippen LogP contribution in [0.3, 0.4) is 0 Å². The van der Waals surface area contributed by atoms with E-state index in [0.717, 1.165) is 11.8 Å². The molecule has 9 nitrogen and oxygen atoms in total. The first kappa shape index (κ1) is 18.3. The molecule has 0 bridgehead atoms. The van der Waals surface area contributed by atoms with Gasteiger partial charge in [-0.2, -0.15) is 0 Å². The predicted molar refractivity (Wildman–Crippen MR) is 96.2 cm³/mol. The molecule has 0 aliphatic carbocycles. The van der Waals surface area contributed by atoms with E-state index in [4.69, 9.17) is 0 Å². The first-order valence-electron chi connectivity index (χ1n) is 8.23. The fraction of sp³-hybridized carbons (Fsp3) is 0.438. The Kier molecular flexibility index (Phi) is 5.23. The van der Waals surface area contributed by atoms with E-state index in [1.807, 2.05) is 13.8 Å². The Balaban J connectivity index is 1.89. The van der Waals surface area contributed by atoms with Crippen molar-refractivity contribution in [1.82, 2.24) is 25.0 Å². The second kappa shape index (κ2) is 7.42. The van der Waals surface area contributed by atoms with Gasteiger partial charge in [-0.1, -0.05) is 0 Å². The minimum atomic E-state index is -0.473. The summed E-state index contributed by atoms with van der Waals surface area (Å²) >= 11 is 1.15. The number of carbonyl (C=O) groups excluding carboxylic acids is 1. The zero-order chi connectivity index (χ0) is 18.8. The summed E-state index contributed by atoms with van der Waals surface area (Å²) in [6.07, 6.45) is 1.53. The van der Waals surface area contributed by atoms with Crippen LogP contribution in [-0.4, -0.2) is 55.7 Å². The smallest absolute Gasteiger partial charge is 0.284 e. The van der Waals surface area contributed by atoms with Crippen LogP contribution in [0.25, 0.3) is 0 Å². The molecule has 0 radical (unpaired) electrons. The fourth-order valence-corrected chi connectivity index (χ4v) is 3.70. The van der Waals surface area contributed by atoms with Gasteiger partial charge < -0.3 is 14.8 Å². The minimum absolute atomic E-state index is 0.0167. The normalized spacial score (nSPS) is 20.2. The molecule has 1 saturated heterocycles. The molecule has 138 valence electrons. The molecule has 0 saturated carbocycles. The molecule has 10 heteroatoms. The van der Waals surface area contributed by atoms with Gasteiger partial charge in [0.25, 0.3) is 11.6 Å². The molecule has 3 rings (SSSR count). The van der Waals surface area contributed by atoms with Gasteiger partial charge in [0.15, 0.2) is 5.16 Å². The molecule has 1 aliphatic heterocycles. The van der Waals surface area contributed by atoms with Crippen LogP contribution in [0, 0.1) is 10.1 Å². The first-order valence-corrected chi connectivity index (χ1v) is 9.04. The molecule has 0 spiro atoms. The Morgan fingerprint density at radius 3 is 2.85 bits per heavy atom. The number of aromatic nitrogens is 3. The number of amides is 1. The van der Waals surface area contributed by atoms with E-state index in [2.05, 4.69) is 15.5 Å². The van der Waals surface area contributed by atoms with Crippen LogP contribution in [0.1, 0.15) is 24.2 Å². The third kappa shape index (κ3) is 3.56. The number of aryl methyl sites for hydroxylation is 1. The predicted octanol–water partition coefficient (Wildman–Crippen LogP) is 1.70. The van der Waals surface area contributed by atoms with Gasteiger partial charge in [-0.3, -0.25) is 14.9 Å². The topological polar surface area (TPSA) is 106 Å². The van der Waals surface area contributed by atoms with Crippen molar-refractivity contribution in [2.45, 2.75) is 36.0 Å². The molecular formula is C16H20N6O3S. The fourth-order valence-electron chi connectivity index (χ4n) is 2.85. The number of rotatable bonds is 4. The third-order valence-electron chi connectivity index (χ3n) is 4.57. The Hall–Kier alpha value is -2.46. The quantitative estimate of drug-likeness (QED) is 0.639. The lowest BCUT2D eigenvalue weighted by atomic mass is 10.1. The largest absolute Gasteiger partial charge is 0.333 e. The van der Waals surface area contributed by atoms with E-state index in [-0.39, 0.29) is 23.7 Å². The average molecular weight is 376 g/mol. The number of hydrogen-bond donors (Lipinski definition) is 1. The number of nitro groups is 1. The van der Waals surface area contributed by atoms with Crippen molar-refractivity contribution < 1.29 is 9.72 Å². The van der Waals surface area contributed by atoms with Crippen LogP contribution < -0.4 is 5.32 Å². The van der Waals surface area contributed by atoms with Gasteiger partial charge in [-0.05, 0) is 37.7 Å². The zero-order valence-corrected chi connectivity index (χ0v) is 15.6. The first-order chi connectivity index (χ1) is 12.4. The summed E-state index contributed by atoms with van der Waals surface area (Å²) in [6.45, 7) is 5.28. The van der Waals surface area contributed by atoms with Crippen molar-refractivity contribution in [3.63, 3.8) is 0 Å². The number of hydrogen-bond acceptors (Lipinski definition) is 7. The number of nitrogens with one attached hydrogen (secondary N) is 1. The summed E-state index contributed by atoms with van der Waals surface area (Å²) in [4.78, 5) is 26.1. The lowest BCUT2D eigenvalue weighted by Crippen LogP contribution is -2.57. The molecule has 1 aliphatic rings. The Morgan fingerprint density at radius 1 is 1.42 bits per heavy atom. The summed E-state index contributed by atoms with van der Waals surface area (Å²) in [7, 11) is 1.76. The van der Waals surface area contributed by atoms with Crippen LogP contribution in [0.2, 0.25) is 0 Å². The highest BCUT2D eigenvalue weighted by atomic mass is 32.2. The molecule has 1 aromatic heterocycles. The van der Waals surface area contributed by atoms with Gasteiger partial charge in [0.1, 0.15) is 6.33 Å². The molecule has 1 fully saturated rings. The van der Waals surface area contributed by atoms with Crippen LogP contribution in [0.15, 0.2) is 34.6 Å². The van der Waals surface area contributed by atoms with E-state index >= 15 is 0 Å². The number of nitrogens with zero attached hydrogens (tertiary/aromatic N) is 5. The molecule has 1 amide bonds. The highest BCUT2D eigenvalue weighted by molar-refractivity contribution is 7.99. The van der Waals surface area contributed by atoms with Gasteiger partial charge in [0.05, 0.1) is 9.82 Å². The van der Waals surface area contributed by atoms with E-state index in [9.17, 15) is 14.9 Å². The minimum Gasteiger partial charge on any atom is -0.333 e. The molecule has 2 unspecified atom stereocenters. The van der Waals surface area contributed by atoms with E-state index < -0.39 is 4.92 Å². The summed E-state index contributed by atoms with van der Waals surface area (Å²) < 4.78 is 1.68. The lowest BCUT2D eigenvalue weighted by molar-refractivity contribution is -0.387. The monoisotopic (exact) mass is 376 g/mol. The summed E-state index contributed by atoms with van der Waals surface area (Å²) in [6, 6.07) is 4.77. The maximum Gasteiger partial charge on any atom is 0.284 e. The summed E-state index contributed by atoms with van der Waals surface area (Å²) in [5, 5.41) is 23.1. The average Bonchev–Trinajstić information content (AvgIpc) is 3.02. The lowest BCUT2D eigenvalue weighted by Gasteiger charge is -2.38.